The summed E-state index contributed by atoms with van der Waals surface area (Å²) in [7, 11) is 0. The third kappa shape index (κ3) is 3.89. The summed E-state index contributed by atoms with van der Waals surface area (Å²) < 4.78 is 11.2. The molecule has 1 N–H and O–H groups in total. The Morgan fingerprint density at radius 2 is 1.75 bits per heavy atom. The number of hydrogen-bond acceptors (Lipinski definition) is 3. The predicted molar refractivity (Wildman–Crippen MR) is 79.7 cm³/mol. The summed E-state index contributed by atoms with van der Waals surface area (Å²) in [5, 5.41) is 9.51. The summed E-state index contributed by atoms with van der Waals surface area (Å²) in [6.45, 7) is 2.73. The van der Waals surface area contributed by atoms with Crippen LogP contribution in [0.25, 0.3) is 0 Å². The lowest BCUT2D eigenvalue weighted by molar-refractivity contribution is 0.281. The summed E-state index contributed by atoms with van der Waals surface area (Å²) in [5.74, 6) is 2.07. The molecular formula is C16H17ClO3. The quantitative estimate of drug-likeness (QED) is 0.857. The summed E-state index contributed by atoms with van der Waals surface area (Å²) in [5.41, 5.74) is 0.755. The first kappa shape index (κ1) is 14.7. The van der Waals surface area contributed by atoms with Crippen molar-refractivity contribution in [2.24, 2.45) is 0 Å². The van der Waals surface area contributed by atoms with Crippen LogP contribution in [-0.4, -0.2) is 11.7 Å². The van der Waals surface area contributed by atoms with Gasteiger partial charge in [-0.2, -0.15) is 0 Å². The largest absolute Gasteiger partial charge is 0.494 e. The molecule has 0 saturated carbocycles. The third-order valence-corrected chi connectivity index (χ3v) is 3.00. The smallest absolute Gasteiger partial charge is 0.146 e. The Labute approximate surface area is 123 Å². The normalized spacial score (nSPS) is 10.3. The van der Waals surface area contributed by atoms with Crippen molar-refractivity contribution in [3.8, 4) is 17.2 Å². The van der Waals surface area contributed by atoms with Crippen LogP contribution < -0.4 is 9.47 Å². The maximum atomic E-state index is 9.03. The highest BCUT2D eigenvalue weighted by atomic mass is 35.5. The van der Waals surface area contributed by atoms with Gasteiger partial charge in [0.1, 0.15) is 17.2 Å². The predicted octanol–water partition coefficient (Wildman–Crippen LogP) is 4.41. The highest BCUT2D eigenvalue weighted by Crippen LogP contribution is 2.31. The first-order chi connectivity index (χ1) is 9.72. The number of hydrogen-bond donors (Lipinski definition) is 1. The second-order valence-corrected chi connectivity index (χ2v) is 4.75. The Hall–Kier alpha value is -1.71. The van der Waals surface area contributed by atoms with E-state index < -0.39 is 0 Å². The maximum Gasteiger partial charge on any atom is 0.146 e. The van der Waals surface area contributed by atoms with Gasteiger partial charge in [-0.05, 0) is 48.4 Å². The molecule has 2 aromatic carbocycles. The van der Waals surface area contributed by atoms with Crippen LogP contribution in [0, 0.1) is 0 Å². The van der Waals surface area contributed by atoms with Crippen molar-refractivity contribution in [1.82, 2.24) is 0 Å². The van der Waals surface area contributed by atoms with Gasteiger partial charge in [-0.3, -0.25) is 0 Å². The molecule has 20 heavy (non-hydrogen) atoms. The molecule has 0 aromatic heterocycles. The molecule has 4 heteroatoms. The molecule has 0 spiro atoms. The Morgan fingerprint density at radius 1 is 1.05 bits per heavy atom. The topological polar surface area (TPSA) is 38.7 Å². The van der Waals surface area contributed by atoms with Crippen LogP contribution in [0.3, 0.4) is 0 Å². The maximum absolute atomic E-state index is 9.03. The molecule has 106 valence electrons. The Kier molecular flexibility index (Phi) is 5.27. The SMILES string of the molecule is CCCOc1ccc(Oc2ccc(CO)cc2Cl)cc1. The number of benzene rings is 2. The van der Waals surface area contributed by atoms with Gasteiger partial charge in [0.25, 0.3) is 0 Å². The Morgan fingerprint density at radius 3 is 2.35 bits per heavy atom. The molecule has 0 bridgehead atoms. The van der Waals surface area contributed by atoms with Crippen molar-refractivity contribution < 1.29 is 14.6 Å². The fraction of sp³-hybridized carbons (Fsp3) is 0.250. The number of ether oxygens (including phenoxy) is 2. The second kappa shape index (κ2) is 7.17. The number of aliphatic hydroxyl groups is 1. The molecule has 2 rings (SSSR count). The molecule has 0 aliphatic heterocycles. The molecule has 0 aliphatic rings. The second-order valence-electron chi connectivity index (χ2n) is 4.34. The zero-order chi connectivity index (χ0) is 14.4. The molecule has 0 aliphatic carbocycles. The van der Waals surface area contributed by atoms with Crippen LogP contribution in [0.1, 0.15) is 18.9 Å². The van der Waals surface area contributed by atoms with Crippen LogP contribution in [-0.2, 0) is 6.61 Å². The van der Waals surface area contributed by atoms with Crippen LogP contribution in [0.5, 0.6) is 17.2 Å². The van der Waals surface area contributed by atoms with Crippen LogP contribution in [0.15, 0.2) is 42.5 Å². The van der Waals surface area contributed by atoms with Crippen molar-refractivity contribution in [3.05, 3.63) is 53.1 Å². The van der Waals surface area contributed by atoms with Gasteiger partial charge in [-0.25, -0.2) is 0 Å². The zero-order valence-electron chi connectivity index (χ0n) is 11.3. The molecule has 0 radical (unpaired) electrons. The lowest BCUT2D eigenvalue weighted by Crippen LogP contribution is -1.94. The van der Waals surface area contributed by atoms with Gasteiger partial charge >= 0.3 is 0 Å². The fourth-order valence-electron chi connectivity index (χ4n) is 1.68. The highest BCUT2D eigenvalue weighted by Gasteiger charge is 2.04. The molecule has 0 saturated heterocycles. The third-order valence-electron chi connectivity index (χ3n) is 2.70. The van der Waals surface area contributed by atoms with E-state index in [1.807, 2.05) is 24.3 Å². The van der Waals surface area contributed by atoms with E-state index in [0.29, 0.717) is 23.1 Å². The van der Waals surface area contributed by atoms with Crippen molar-refractivity contribution >= 4 is 11.6 Å². The minimum atomic E-state index is -0.0382. The van der Waals surface area contributed by atoms with E-state index >= 15 is 0 Å². The standard InChI is InChI=1S/C16H17ClO3/c1-2-9-19-13-4-6-14(7-5-13)20-16-8-3-12(11-18)10-15(16)17/h3-8,10,18H,2,9,11H2,1H3. The van der Waals surface area contributed by atoms with Crippen molar-refractivity contribution in [1.29, 1.82) is 0 Å². The molecule has 2 aromatic rings. The molecule has 0 unspecified atom stereocenters. The molecule has 0 heterocycles. The van der Waals surface area contributed by atoms with Crippen molar-refractivity contribution in [2.45, 2.75) is 20.0 Å². The average molecular weight is 293 g/mol. The Bertz CT molecular complexity index is 552. The van der Waals surface area contributed by atoms with Gasteiger partial charge in [0.15, 0.2) is 0 Å². The van der Waals surface area contributed by atoms with Gasteiger partial charge in [0, 0.05) is 0 Å². The molecule has 0 atom stereocenters. The molecule has 3 nitrogen and oxygen atoms in total. The lowest BCUT2D eigenvalue weighted by Gasteiger charge is -2.09. The van der Waals surface area contributed by atoms with E-state index in [1.54, 1.807) is 18.2 Å². The van der Waals surface area contributed by atoms with E-state index in [9.17, 15) is 0 Å². The molecule has 0 amide bonds. The van der Waals surface area contributed by atoms with Crippen molar-refractivity contribution in [3.63, 3.8) is 0 Å². The summed E-state index contributed by atoms with van der Waals surface area (Å²) in [6.07, 6.45) is 0.977. The van der Waals surface area contributed by atoms with Crippen LogP contribution in [0.4, 0.5) is 0 Å². The Balaban J connectivity index is 2.06. The van der Waals surface area contributed by atoms with Gasteiger partial charge in [-0.1, -0.05) is 24.6 Å². The van der Waals surface area contributed by atoms with Gasteiger partial charge in [0.05, 0.1) is 18.2 Å². The zero-order valence-corrected chi connectivity index (χ0v) is 12.1. The van der Waals surface area contributed by atoms with Gasteiger partial charge < -0.3 is 14.6 Å². The average Bonchev–Trinajstić information content (AvgIpc) is 2.48. The van der Waals surface area contributed by atoms with Crippen molar-refractivity contribution in [2.75, 3.05) is 6.61 Å². The lowest BCUT2D eigenvalue weighted by atomic mass is 10.2. The monoisotopic (exact) mass is 292 g/mol. The number of rotatable bonds is 6. The fourth-order valence-corrected chi connectivity index (χ4v) is 1.92. The summed E-state index contributed by atoms with van der Waals surface area (Å²) in [6, 6.07) is 12.6. The summed E-state index contributed by atoms with van der Waals surface area (Å²) >= 11 is 6.10. The van der Waals surface area contributed by atoms with E-state index in [-0.39, 0.29) is 6.61 Å². The molecular weight excluding hydrogens is 276 g/mol. The molecule has 0 fully saturated rings. The van der Waals surface area contributed by atoms with E-state index in [1.165, 1.54) is 0 Å². The highest BCUT2D eigenvalue weighted by molar-refractivity contribution is 6.32. The number of halogens is 1. The van der Waals surface area contributed by atoms with E-state index in [0.717, 1.165) is 17.7 Å². The first-order valence-electron chi connectivity index (χ1n) is 6.53. The van der Waals surface area contributed by atoms with Gasteiger partial charge in [-0.15, -0.1) is 0 Å². The minimum absolute atomic E-state index is 0.0382. The first-order valence-corrected chi connectivity index (χ1v) is 6.90. The van der Waals surface area contributed by atoms with Crippen LogP contribution in [0.2, 0.25) is 5.02 Å². The summed E-state index contributed by atoms with van der Waals surface area (Å²) in [4.78, 5) is 0. The van der Waals surface area contributed by atoms with E-state index in [2.05, 4.69) is 6.92 Å². The van der Waals surface area contributed by atoms with Crippen LogP contribution >= 0.6 is 11.6 Å². The number of aliphatic hydroxyl groups excluding tert-OH is 1. The minimum Gasteiger partial charge on any atom is -0.494 e. The van der Waals surface area contributed by atoms with Gasteiger partial charge in [0.2, 0.25) is 0 Å². The van der Waals surface area contributed by atoms with E-state index in [4.69, 9.17) is 26.2 Å².